The van der Waals surface area contributed by atoms with Gasteiger partial charge in [-0.25, -0.2) is 18.7 Å². The van der Waals surface area contributed by atoms with Crippen LogP contribution >= 0.6 is 0 Å². The molecule has 5 rings (SSSR count). The van der Waals surface area contributed by atoms with E-state index in [1.54, 1.807) is 12.3 Å². The highest BCUT2D eigenvalue weighted by molar-refractivity contribution is 5.73. The Bertz CT molecular complexity index is 1270. The Morgan fingerprint density at radius 2 is 1.78 bits per heavy atom. The molecule has 0 saturated heterocycles. The molecule has 0 spiro atoms. The van der Waals surface area contributed by atoms with Crippen LogP contribution in [0, 0.1) is 11.6 Å². The van der Waals surface area contributed by atoms with E-state index in [1.807, 2.05) is 48.5 Å². The molecule has 0 fully saturated rings. The zero-order valence-electron chi connectivity index (χ0n) is 17.2. The van der Waals surface area contributed by atoms with Gasteiger partial charge in [-0.05, 0) is 59.4 Å². The zero-order chi connectivity index (χ0) is 22.1. The summed E-state index contributed by atoms with van der Waals surface area (Å²) in [5.41, 5.74) is 6.44. The van der Waals surface area contributed by atoms with Gasteiger partial charge in [0.25, 0.3) is 0 Å². The highest BCUT2D eigenvalue weighted by Gasteiger charge is 2.28. The Hall–Kier alpha value is -3.64. The van der Waals surface area contributed by atoms with Gasteiger partial charge in [0.1, 0.15) is 0 Å². The van der Waals surface area contributed by atoms with Crippen LogP contribution in [0.2, 0.25) is 0 Å². The third kappa shape index (κ3) is 3.85. The van der Waals surface area contributed by atoms with E-state index in [2.05, 4.69) is 10.3 Å². The lowest BCUT2D eigenvalue weighted by Gasteiger charge is -2.27. The Balaban J connectivity index is 1.48. The summed E-state index contributed by atoms with van der Waals surface area (Å²) in [5, 5.41) is 12.3. The standard InChI is InChI=1S/C26H21F2N3O/c27-23-10-7-17(14-24(23)28)22-13-18-15-29-26(30-19-8-5-16(6-9-19)11-12-32)31-25(18)21-4-2-1-3-20(21)22/h1-10,14-15,22,32H,11-13H2,(H,29,30,31)/t22-/m0/s1. The maximum absolute atomic E-state index is 13.9. The number of hydrogen-bond donors (Lipinski definition) is 2. The number of nitrogens with zero attached hydrogens (tertiary/aromatic N) is 2. The molecule has 0 amide bonds. The molecule has 0 unspecified atom stereocenters. The average Bonchev–Trinajstić information content (AvgIpc) is 2.82. The molecule has 0 bridgehead atoms. The summed E-state index contributed by atoms with van der Waals surface area (Å²) >= 11 is 0. The molecule has 4 aromatic rings. The first-order valence-electron chi connectivity index (χ1n) is 10.5. The normalized spacial score (nSPS) is 14.5. The van der Waals surface area contributed by atoms with Crippen LogP contribution in [0.5, 0.6) is 0 Å². The highest BCUT2D eigenvalue weighted by Crippen LogP contribution is 2.42. The topological polar surface area (TPSA) is 58.0 Å². The minimum atomic E-state index is -0.846. The molecule has 160 valence electrons. The molecule has 0 aliphatic heterocycles. The summed E-state index contributed by atoms with van der Waals surface area (Å²) in [6.45, 7) is 0.117. The minimum Gasteiger partial charge on any atom is -0.396 e. The van der Waals surface area contributed by atoms with Crippen molar-refractivity contribution in [2.24, 2.45) is 0 Å². The molecule has 2 N–H and O–H groups in total. The third-order valence-corrected chi connectivity index (χ3v) is 5.84. The lowest BCUT2D eigenvalue weighted by molar-refractivity contribution is 0.299. The van der Waals surface area contributed by atoms with Crippen LogP contribution in [-0.4, -0.2) is 21.7 Å². The number of aliphatic hydroxyl groups excluding tert-OH is 1. The van der Waals surface area contributed by atoms with Gasteiger partial charge in [-0.3, -0.25) is 0 Å². The van der Waals surface area contributed by atoms with Crippen LogP contribution in [0.25, 0.3) is 11.3 Å². The largest absolute Gasteiger partial charge is 0.396 e. The van der Waals surface area contributed by atoms with Crippen molar-refractivity contribution < 1.29 is 13.9 Å². The van der Waals surface area contributed by atoms with E-state index in [4.69, 9.17) is 10.1 Å². The van der Waals surface area contributed by atoms with Gasteiger partial charge in [0.15, 0.2) is 11.6 Å². The first-order chi connectivity index (χ1) is 15.6. The summed E-state index contributed by atoms with van der Waals surface area (Å²) in [6, 6.07) is 19.8. The van der Waals surface area contributed by atoms with Gasteiger partial charge in [0, 0.05) is 30.0 Å². The lowest BCUT2D eigenvalue weighted by Crippen LogP contribution is -2.15. The Kier molecular flexibility index (Phi) is 5.37. The van der Waals surface area contributed by atoms with E-state index in [-0.39, 0.29) is 12.5 Å². The van der Waals surface area contributed by atoms with Gasteiger partial charge < -0.3 is 10.4 Å². The van der Waals surface area contributed by atoms with Crippen molar-refractivity contribution in [3.05, 3.63) is 107 Å². The maximum atomic E-state index is 13.9. The smallest absolute Gasteiger partial charge is 0.227 e. The molecule has 1 atom stereocenters. The van der Waals surface area contributed by atoms with Crippen molar-refractivity contribution in [2.45, 2.75) is 18.8 Å². The minimum absolute atomic E-state index is 0.102. The van der Waals surface area contributed by atoms with Crippen LogP contribution < -0.4 is 5.32 Å². The van der Waals surface area contributed by atoms with E-state index in [9.17, 15) is 8.78 Å². The predicted octanol–water partition coefficient (Wildman–Crippen LogP) is 5.39. The summed E-state index contributed by atoms with van der Waals surface area (Å²) in [7, 11) is 0. The van der Waals surface area contributed by atoms with E-state index in [0.29, 0.717) is 18.8 Å². The van der Waals surface area contributed by atoms with Gasteiger partial charge in [-0.1, -0.05) is 42.5 Å². The van der Waals surface area contributed by atoms with Crippen LogP contribution in [0.1, 0.15) is 28.2 Å². The highest BCUT2D eigenvalue weighted by atomic mass is 19.2. The molecule has 1 aliphatic rings. The lowest BCUT2D eigenvalue weighted by atomic mass is 9.78. The molecule has 1 heterocycles. The van der Waals surface area contributed by atoms with Crippen molar-refractivity contribution in [1.82, 2.24) is 9.97 Å². The second-order valence-electron chi connectivity index (χ2n) is 7.88. The molecule has 0 radical (unpaired) electrons. The van der Waals surface area contributed by atoms with Crippen LogP contribution in [0.3, 0.4) is 0 Å². The van der Waals surface area contributed by atoms with Gasteiger partial charge >= 0.3 is 0 Å². The van der Waals surface area contributed by atoms with Crippen molar-refractivity contribution in [3.63, 3.8) is 0 Å². The van der Waals surface area contributed by atoms with E-state index in [0.717, 1.165) is 39.2 Å². The molecule has 3 aromatic carbocycles. The van der Waals surface area contributed by atoms with E-state index in [1.165, 1.54) is 12.1 Å². The second kappa shape index (κ2) is 8.48. The molecule has 1 aliphatic carbocycles. The van der Waals surface area contributed by atoms with Crippen LogP contribution in [-0.2, 0) is 12.8 Å². The average molecular weight is 429 g/mol. The zero-order valence-corrected chi connectivity index (χ0v) is 17.2. The van der Waals surface area contributed by atoms with E-state index >= 15 is 0 Å². The van der Waals surface area contributed by atoms with Crippen molar-refractivity contribution >= 4 is 11.6 Å². The number of anilines is 2. The van der Waals surface area contributed by atoms with Gasteiger partial charge in [-0.2, -0.15) is 0 Å². The molecule has 1 aromatic heterocycles. The fourth-order valence-electron chi connectivity index (χ4n) is 4.24. The Morgan fingerprint density at radius 3 is 2.56 bits per heavy atom. The van der Waals surface area contributed by atoms with Crippen molar-refractivity contribution in [3.8, 4) is 11.3 Å². The third-order valence-electron chi connectivity index (χ3n) is 5.84. The number of rotatable bonds is 5. The fourth-order valence-corrected chi connectivity index (χ4v) is 4.24. The van der Waals surface area contributed by atoms with Crippen LogP contribution in [0.4, 0.5) is 20.4 Å². The van der Waals surface area contributed by atoms with Crippen molar-refractivity contribution in [1.29, 1.82) is 0 Å². The van der Waals surface area contributed by atoms with Gasteiger partial charge in [0.05, 0.1) is 5.69 Å². The summed E-state index contributed by atoms with van der Waals surface area (Å²) in [6.07, 6.45) is 3.02. The summed E-state index contributed by atoms with van der Waals surface area (Å²) < 4.78 is 27.4. The summed E-state index contributed by atoms with van der Waals surface area (Å²) in [5.74, 6) is -1.30. The molecule has 0 saturated carbocycles. The quantitative estimate of drug-likeness (QED) is 0.447. The van der Waals surface area contributed by atoms with Gasteiger partial charge in [-0.15, -0.1) is 0 Å². The fraction of sp³-hybridized carbons (Fsp3) is 0.154. The van der Waals surface area contributed by atoms with Crippen molar-refractivity contribution in [2.75, 3.05) is 11.9 Å². The molecule has 4 nitrogen and oxygen atoms in total. The molecular weight excluding hydrogens is 408 g/mol. The first kappa shape index (κ1) is 20.3. The number of halogens is 2. The number of nitrogens with one attached hydrogen (secondary N) is 1. The Labute approximate surface area is 184 Å². The molecular formula is C26H21F2N3O. The summed E-state index contributed by atoms with van der Waals surface area (Å²) in [4.78, 5) is 9.25. The predicted molar refractivity (Wildman–Crippen MR) is 120 cm³/mol. The maximum Gasteiger partial charge on any atom is 0.227 e. The number of benzene rings is 3. The first-order valence-corrected chi connectivity index (χ1v) is 10.5. The van der Waals surface area contributed by atoms with E-state index < -0.39 is 11.6 Å². The SMILES string of the molecule is OCCc1ccc(Nc2ncc3c(n2)-c2ccccc2[C@H](c2ccc(F)c(F)c2)C3)cc1. The number of aromatic nitrogens is 2. The number of hydrogen-bond acceptors (Lipinski definition) is 4. The molecule has 32 heavy (non-hydrogen) atoms. The number of aliphatic hydroxyl groups is 1. The van der Waals surface area contributed by atoms with Gasteiger partial charge in [0.2, 0.25) is 5.95 Å². The Morgan fingerprint density at radius 1 is 0.969 bits per heavy atom. The second-order valence-corrected chi connectivity index (χ2v) is 7.88. The molecule has 6 heteroatoms. The number of fused-ring (bicyclic) bond motifs is 3. The monoisotopic (exact) mass is 429 g/mol. The van der Waals surface area contributed by atoms with Crippen LogP contribution in [0.15, 0.2) is 72.9 Å².